The predicted molar refractivity (Wildman–Crippen MR) is 411 cm³/mol. The third kappa shape index (κ3) is 16.3. The topological polar surface area (TPSA) is 240 Å². The van der Waals surface area contributed by atoms with Gasteiger partial charge >= 0.3 is 0 Å². The molecular weight excluding hydrogens is 1390 g/mol. The Morgan fingerprint density at radius 3 is 1.64 bits per heavy atom. The van der Waals surface area contributed by atoms with E-state index in [4.69, 9.17) is 35.4 Å². The molecule has 0 saturated heterocycles. The van der Waals surface area contributed by atoms with E-state index in [2.05, 4.69) is 11.2 Å². The summed E-state index contributed by atoms with van der Waals surface area (Å²) < 4.78 is 24.4. The van der Waals surface area contributed by atoms with E-state index < -0.39 is 29.3 Å². The van der Waals surface area contributed by atoms with Crippen LogP contribution in [-0.4, -0.2) is 154 Å². The standard InChI is InChI=1S/C47H46N4O9.C43H35N3O4/c52-35-18-19-40(41(54)25-35)51-28-39-33(15-9-17-38(39)45(51)56)24-36(53)30-59-23-22-58-21-20-48-42(55)29-50-27-34-14-7-8-16-37(34)43-47(46(50)57,26-31-10-3-1-4-11-31)49-44(60-43)32-12-5-2-6-13-32;1-2-26-45(28-32-22-24-34(25-23-32)39(48)33-16-8-4-9-17-33)38(47)30-46-29-36-20-12-13-21-37(36)40-43(42(46)49,27-31-14-6-3-7-15-31)44-41(50-40)35-18-10-5-11-19-35/h1-17,40,43H,18-30H2,(H,48,55);1,3-25,40H,26-30H2/t40?,43-,47-;40-,43-/m00/s1. The first kappa shape index (κ1) is 74.3. The summed E-state index contributed by atoms with van der Waals surface area (Å²) in [5.41, 5.74) is 8.08. The van der Waals surface area contributed by atoms with Crippen LogP contribution in [0.3, 0.4) is 0 Å². The molecule has 6 aliphatic rings. The second-order valence-corrected chi connectivity index (χ2v) is 28.1. The summed E-state index contributed by atoms with van der Waals surface area (Å²) in [4.78, 5) is 137. The maximum Gasteiger partial charge on any atom is 0.256 e. The molecule has 0 spiro atoms. The SMILES string of the molecule is C#CCN(Cc1ccc(C(=O)c2ccccc2)cc1)C(=O)CN1Cc2ccccc2[C@@H]2OC(c3ccccc3)=N[C@]2(Cc2ccccc2)C1=O.O=C1CCC(N2Cc3c(CC(=O)COCCOCCNC(=O)CN4Cc5ccccc5[C@@H]5OC(c6ccccc6)=N[C@]5(Cc5ccccc5)C4=O)cccc3C2=O)C(=O)C1. The average Bonchev–Trinajstić information content (AvgIpc) is 1.58. The Balaban J connectivity index is 0.000000186. The van der Waals surface area contributed by atoms with Crippen LogP contribution in [0.15, 0.2) is 253 Å². The number of rotatable bonds is 26. The Morgan fingerprint density at radius 1 is 0.555 bits per heavy atom. The Kier molecular flexibility index (Phi) is 22.8. The predicted octanol–water partition coefficient (Wildman–Crippen LogP) is 10.6. The van der Waals surface area contributed by atoms with Crippen LogP contribution in [0.4, 0.5) is 0 Å². The summed E-state index contributed by atoms with van der Waals surface area (Å²) in [5.74, 6) is 1.32. The number of hydrogen-bond donors (Lipinski definition) is 1. The Hall–Kier alpha value is -12.6. The van der Waals surface area contributed by atoms with Gasteiger partial charge in [-0.3, -0.25) is 43.2 Å². The van der Waals surface area contributed by atoms with Gasteiger partial charge in [-0.15, -0.1) is 6.42 Å². The first-order valence-electron chi connectivity index (χ1n) is 36.9. The quantitative estimate of drug-likeness (QED) is 0.0230. The molecule has 5 heterocycles. The van der Waals surface area contributed by atoms with Crippen molar-refractivity contribution >= 4 is 64.5 Å². The molecule has 5 amide bonds. The second-order valence-electron chi connectivity index (χ2n) is 28.1. The number of amides is 5. The number of ether oxygens (including phenoxy) is 4. The summed E-state index contributed by atoms with van der Waals surface area (Å²) in [6.45, 7) is 1.14. The molecule has 0 radical (unpaired) electrons. The van der Waals surface area contributed by atoms with Crippen molar-refractivity contribution in [3.8, 4) is 12.3 Å². The normalized spacial score (nSPS) is 19.4. The number of nitrogens with zero attached hydrogens (tertiary/aromatic N) is 6. The van der Waals surface area contributed by atoms with Crippen molar-refractivity contribution in [3.05, 3.63) is 321 Å². The van der Waals surface area contributed by atoms with Crippen molar-refractivity contribution in [1.82, 2.24) is 24.9 Å². The number of carbonyl (C=O) groups excluding carboxylic acids is 9. The van der Waals surface area contributed by atoms with Gasteiger partial charge < -0.3 is 43.9 Å². The maximum absolute atomic E-state index is 15.0. The summed E-state index contributed by atoms with van der Waals surface area (Å²) in [6, 6.07) is 75.0. The Morgan fingerprint density at radius 2 is 1.07 bits per heavy atom. The molecule has 9 aromatic carbocycles. The van der Waals surface area contributed by atoms with Crippen LogP contribution >= 0.6 is 0 Å². The lowest BCUT2D eigenvalue weighted by atomic mass is 9.81. The summed E-state index contributed by atoms with van der Waals surface area (Å²) in [6.07, 6.45) is 5.44. The highest BCUT2D eigenvalue weighted by Crippen LogP contribution is 2.49. The molecule has 20 heteroatoms. The Labute approximate surface area is 637 Å². The van der Waals surface area contributed by atoms with Gasteiger partial charge in [0.1, 0.15) is 18.9 Å². The highest BCUT2D eigenvalue weighted by Gasteiger charge is 2.59. The fourth-order valence-electron chi connectivity index (χ4n) is 15.3. The molecule has 0 aromatic heterocycles. The molecule has 0 bridgehead atoms. The molecule has 554 valence electrons. The largest absolute Gasteiger partial charge is 0.466 e. The lowest BCUT2D eigenvalue weighted by molar-refractivity contribution is -0.145. The molecular formula is C90H81N7O13. The van der Waals surface area contributed by atoms with Crippen molar-refractivity contribution < 1.29 is 62.1 Å². The smallest absolute Gasteiger partial charge is 0.256 e. The third-order valence-corrected chi connectivity index (χ3v) is 20.7. The summed E-state index contributed by atoms with van der Waals surface area (Å²) in [7, 11) is 0. The molecule has 5 aliphatic heterocycles. The number of nitrogens with one attached hydrogen (secondary N) is 1. The van der Waals surface area contributed by atoms with Crippen LogP contribution < -0.4 is 5.32 Å². The molecule has 1 saturated carbocycles. The van der Waals surface area contributed by atoms with Gasteiger partial charge in [-0.2, -0.15) is 0 Å². The first-order chi connectivity index (χ1) is 53.6. The number of terminal acetylenes is 1. The molecule has 110 heavy (non-hydrogen) atoms. The number of hydrogen-bond acceptors (Lipinski definition) is 15. The molecule has 15 rings (SSSR count). The van der Waals surface area contributed by atoms with Crippen LogP contribution in [-0.2, 0) is 98.0 Å². The van der Waals surface area contributed by atoms with E-state index in [0.717, 1.165) is 55.6 Å². The van der Waals surface area contributed by atoms with Gasteiger partial charge in [0.05, 0.1) is 45.4 Å². The molecule has 5 atom stereocenters. The zero-order valence-corrected chi connectivity index (χ0v) is 60.6. The van der Waals surface area contributed by atoms with Crippen molar-refractivity contribution in [1.29, 1.82) is 0 Å². The Bertz CT molecular complexity index is 5050. The fourth-order valence-corrected chi connectivity index (χ4v) is 15.3. The van der Waals surface area contributed by atoms with E-state index in [1.165, 1.54) is 4.90 Å². The highest BCUT2D eigenvalue weighted by atomic mass is 16.5. The first-order valence-corrected chi connectivity index (χ1v) is 36.9. The molecule has 1 fully saturated rings. The lowest BCUT2D eigenvalue weighted by Crippen LogP contribution is -2.52. The average molecular weight is 1470 g/mol. The maximum atomic E-state index is 15.0. The van der Waals surface area contributed by atoms with Crippen LogP contribution in [0.25, 0.3) is 0 Å². The minimum Gasteiger partial charge on any atom is -0.466 e. The van der Waals surface area contributed by atoms with Gasteiger partial charge in [-0.25, -0.2) is 9.98 Å². The van der Waals surface area contributed by atoms with Crippen LogP contribution in [0.2, 0.25) is 0 Å². The molecule has 1 N–H and O–H groups in total. The molecule has 1 unspecified atom stereocenters. The van der Waals surface area contributed by atoms with Crippen molar-refractivity contribution in [2.45, 2.75) is 94.0 Å². The molecule has 1 aliphatic carbocycles. The van der Waals surface area contributed by atoms with Crippen LogP contribution in [0.5, 0.6) is 0 Å². The van der Waals surface area contributed by atoms with Gasteiger partial charge in [0.15, 0.2) is 40.6 Å². The van der Waals surface area contributed by atoms with E-state index in [1.807, 2.05) is 200 Å². The number of Topliss-reactive ketones (excluding diaryl/α,β-unsaturated/α-hetero) is 3. The minimum absolute atomic E-state index is 0.0549. The third-order valence-electron chi connectivity index (χ3n) is 20.7. The fraction of sp³-hybridized carbons (Fsp3) is 0.256. The van der Waals surface area contributed by atoms with Gasteiger partial charge in [0.25, 0.3) is 17.7 Å². The van der Waals surface area contributed by atoms with Gasteiger partial charge in [-0.05, 0) is 75.7 Å². The zero-order valence-electron chi connectivity index (χ0n) is 60.6. The minimum atomic E-state index is -1.35. The van der Waals surface area contributed by atoms with Crippen molar-refractivity contribution in [3.63, 3.8) is 0 Å². The van der Waals surface area contributed by atoms with E-state index >= 15 is 0 Å². The molecule has 9 aromatic rings. The number of aliphatic imine (C=N–C) groups is 2. The van der Waals surface area contributed by atoms with Crippen LogP contribution in [0, 0.1) is 12.3 Å². The van der Waals surface area contributed by atoms with E-state index in [9.17, 15) is 43.2 Å². The highest BCUT2D eigenvalue weighted by molar-refractivity contribution is 6.10. The molecule has 20 nitrogen and oxygen atoms in total. The van der Waals surface area contributed by atoms with Crippen molar-refractivity contribution in [2.24, 2.45) is 9.98 Å². The summed E-state index contributed by atoms with van der Waals surface area (Å²) >= 11 is 0. The summed E-state index contributed by atoms with van der Waals surface area (Å²) in [5, 5.41) is 2.86. The van der Waals surface area contributed by atoms with Crippen LogP contribution in [0.1, 0.15) is 119 Å². The van der Waals surface area contributed by atoms with Crippen molar-refractivity contribution in [2.75, 3.05) is 52.6 Å². The van der Waals surface area contributed by atoms with E-state index in [1.54, 1.807) is 57.2 Å². The number of benzene rings is 9. The monoisotopic (exact) mass is 1470 g/mol. The van der Waals surface area contributed by atoms with Gasteiger partial charge in [-0.1, -0.05) is 218 Å². The second kappa shape index (κ2) is 33.7. The number of fused-ring (bicyclic) bond motifs is 7. The van der Waals surface area contributed by atoms with E-state index in [0.29, 0.717) is 40.5 Å². The van der Waals surface area contributed by atoms with E-state index in [-0.39, 0.29) is 164 Å². The van der Waals surface area contributed by atoms with Gasteiger partial charge in [0.2, 0.25) is 23.6 Å². The number of carbonyl (C=O) groups is 9. The zero-order chi connectivity index (χ0) is 76.1. The van der Waals surface area contributed by atoms with Gasteiger partial charge in [0, 0.05) is 97.4 Å². The lowest BCUT2D eigenvalue weighted by Gasteiger charge is -2.33. The number of ketones is 4.